The third-order valence-corrected chi connectivity index (χ3v) is 4.85. The molecular formula is C18H22N2O2S. The predicted octanol–water partition coefficient (Wildman–Crippen LogP) is 3.93. The smallest absolute Gasteiger partial charge is 0.286 e. The van der Waals surface area contributed by atoms with Gasteiger partial charge in [-0.1, -0.05) is 18.2 Å². The van der Waals surface area contributed by atoms with Crippen LogP contribution in [0.2, 0.25) is 0 Å². The Balaban J connectivity index is 1.78. The summed E-state index contributed by atoms with van der Waals surface area (Å²) >= 11 is 1.48. The summed E-state index contributed by atoms with van der Waals surface area (Å²) in [6, 6.07) is 7.80. The van der Waals surface area contributed by atoms with Crippen LogP contribution in [0.15, 0.2) is 34.2 Å². The zero-order chi connectivity index (χ0) is 16.2. The van der Waals surface area contributed by atoms with Gasteiger partial charge < -0.3 is 9.64 Å². The first-order valence-corrected chi connectivity index (χ1v) is 8.98. The quantitative estimate of drug-likeness (QED) is 0.788. The molecule has 1 saturated heterocycles. The Morgan fingerprint density at radius 3 is 2.70 bits per heavy atom. The number of thioether (sulfide) groups is 1. The highest BCUT2D eigenvalue weighted by atomic mass is 32.2. The van der Waals surface area contributed by atoms with Gasteiger partial charge in [0.1, 0.15) is 5.75 Å². The molecule has 23 heavy (non-hydrogen) atoms. The van der Waals surface area contributed by atoms with E-state index in [-0.39, 0.29) is 12.0 Å². The molecule has 2 heterocycles. The van der Waals surface area contributed by atoms with Gasteiger partial charge in [0.15, 0.2) is 5.17 Å². The molecule has 0 radical (unpaired) electrons. The van der Waals surface area contributed by atoms with Crippen molar-refractivity contribution in [2.24, 2.45) is 4.99 Å². The number of benzene rings is 1. The Hall–Kier alpha value is -1.75. The van der Waals surface area contributed by atoms with Crippen molar-refractivity contribution in [2.45, 2.75) is 39.2 Å². The molecule has 0 N–H and O–H groups in total. The summed E-state index contributed by atoms with van der Waals surface area (Å²) in [5.41, 5.74) is 0.923. The second kappa shape index (κ2) is 7.21. The van der Waals surface area contributed by atoms with Gasteiger partial charge in [0.2, 0.25) is 0 Å². The number of amidine groups is 1. The largest absolute Gasteiger partial charge is 0.490 e. The van der Waals surface area contributed by atoms with E-state index in [0.29, 0.717) is 4.91 Å². The van der Waals surface area contributed by atoms with E-state index >= 15 is 0 Å². The molecule has 0 bridgehead atoms. The van der Waals surface area contributed by atoms with Crippen molar-refractivity contribution in [1.29, 1.82) is 0 Å². The number of ether oxygens (including phenoxy) is 1. The highest BCUT2D eigenvalue weighted by Gasteiger charge is 2.27. The minimum absolute atomic E-state index is 0.0987. The molecule has 1 aromatic carbocycles. The van der Waals surface area contributed by atoms with Crippen molar-refractivity contribution in [3.05, 3.63) is 34.7 Å². The van der Waals surface area contributed by atoms with Crippen LogP contribution in [0.1, 0.15) is 38.7 Å². The molecule has 0 aliphatic carbocycles. The molecule has 0 aromatic heterocycles. The lowest BCUT2D eigenvalue weighted by atomic mass is 10.1. The molecule has 3 rings (SSSR count). The average molecular weight is 330 g/mol. The van der Waals surface area contributed by atoms with E-state index in [9.17, 15) is 4.79 Å². The molecule has 1 amide bonds. The van der Waals surface area contributed by atoms with Gasteiger partial charge in [0.05, 0.1) is 11.0 Å². The van der Waals surface area contributed by atoms with Crippen molar-refractivity contribution in [3.8, 4) is 5.75 Å². The fourth-order valence-corrected chi connectivity index (χ4v) is 3.68. The fourth-order valence-electron chi connectivity index (χ4n) is 2.72. The first-order chi connectivity index (χ1) is 11.1. The maximum absolute atomic E-state index is 12.2. The summed E-state index contributed by atoms with van der Waals surface area (Å²) in [7, 11) is 0. The molecule has 2 aliphatic heterocycles. The van der Waals surface area contributed by atoms with Crippen LogP contribution in [0.5, 0.6) is 5.75 Å². The van der Waals surface area contributed by atoms with Crippen LogP contribution in [0.3, 0.4) is 0 Å². The number of amides is 1. The van der Waals surface area contributed by atoms with Gasteiger partial charge in [-0.05, 0) is 57.0 Å². The number of hydrogen-bond acceptors (Lipinski definition) is 4. The molecule has 4 nitrogen and oxygen atoms in total. The number of carbonyl (C=O) groups excluding carboxylic acids is 1. The lowest BCUT2D eigenvalue weighted by Gasteiger charge is -2.27. The SMILES string of the molecule is CC(C)Oc1ccccc1C=C1SC(N2CCCCC2)=NC1=O. The van der Waals surface area contributed by atoms with Crippen molar-refractivity contribution in [1.82, 2.24) is 4.90 Å². The van der Waals surface area contributed by atoms with Gasteiger partial charge in [0, 0.05) is 18.7 Å². The van der Waals surface area contributed by atoms with Crippen LogP contribution in [-0.4, -0.2) is 35.2 Å². The minimum Gasteiger partial charge on any atom is -0.490 e. The van der Waals surface area contributed by atoms with E-state index in [4.69, 9.17) is 4.74 Å². The number of para-hydroxylation sites is 1. The minimum atomic E-state index is -0.144. The van der Waals surface area contributed by atoms with Crippen LogP contribution < -0.4 is 4.74 Å². The predicted molar refractivity (Wildman–Crippen MR) is 95.6 cm³/mol. The normalized spacial score (nSPS) is 20.3. The maximum Gasteiger partial charge on any atom is 0.286 e. The van der Waals surface area contributed by atoms with E-state index in [2.05, 4.69) is 9.89 Å². The maximum atomic E-state index is 12.2. The van der Waals surface area contributed by atoms with Crippen LogP contribution in [0.4, 0.5) is 0 Å². The molecule has 0 unspecified atom stereocenters. The zero-order valence-corrected chi connectivity index (χ0v) is 14.4. The summed E-state index contributed by atoms with van der Waals surface area (Å²) in [5.74, 6) is 0.657. The average Bonchev–Trinajstić information content (AvgIpc) is 2.91. The van der Waals surface area contributed by atoms with Crippen molar-refractivity contribution >= 4 is 28.9 Å². The second-order valence-electron chi connectivity index (χ2n) is 6.06. The molecule has 1 fully saturated rings. The van der Waals surface area contributed by atoms with Crippen LogP contribution in [-0.2, 0) is 4.79 Å². The fraction of sp³-hybridized carbons (Fsp3) is 0.444. The van der Waals surface area contributed by atoms with Gasteiger partial charge in [-0.3, -0.25) is 4.79 Å². The van der Waals surface area contributed by atoms with Gasteiger partial charge in [0.25, 0.3) is 5.91 Å². The third-order valence-electron chi connectivity index (χ3n) is 3.80. The summed E-state index contributed by atoms with van der Waals surface area (Å²) in [6.07, 6.45) is 5.62. The molecule has 0 spiro atoms. The van der Waals surface area contributed by atoms with E-state index in [1.54, 1.807) is 0 Å². The number of piperidine rings is 1. The van der Waals surface area contributed by atoms with Crippen molar-refractivity contribution in [3.63, 3.8) is 0 Å². The molecule has 1 aromatic rings. The van der Waals surface area contributed by atoms with E-state index in [0.717, 1.165) is 29.6 Å². The highest BCUT2D eigenvalue weighted by molar-refractivity contribution is 8.18. The van der Waals surface area contributed by atoms with Crippen LogP contribution in [0.25, 0.3) is 6.08 Å². The lowest BCUT2D eigenvalue weighted by Crippen LogP contribution is -2.33. The Kier molecular flexibility index (Phi) is 5.06. The Labute approximate surface area is 141 Å². The van der Waals surface area contributed by atoms with Gasteiger partial charge in [-0.15, -0.1) is 0 Å². The number of rotatable bonds is 3. The number of nitrogens with zero attached hydrogens (tertiary/aromatic N) is 2. The highest BCUT2D eigenvalue weighted by Crippen LogP contribution is 2.33. The van der Waals surface area contributed by atoms with Gasteiger partial charge >= 0.3 is 0 Å². The molecule has 0 atom stereocenters. The Morgan fingerprint density at radius 2 is 1.96 bits per heavy atom. The Morgan fingerprint density at radius 1 is 1.22 bits per heavy atom. The molecule has 2 aliphatic rings. The van der Waals surface area contributed by atoms with Crippen LogP contribution in [0, 0.1) is 0 Å². The second-order valence-corrected chi connectivity index (χ2v) is 7.07. The number of aliphatic imine (C=N–C) groups is 1. The number of hydrogen-bond donors (Lipinski definition) is 0. The number of likely N-dealkylation sites (tertiary alicyclic amines) is 1. The summed E-state index contributed by atoms with van der Waals surface area (Å²) in [4.78, 5) is 19.4. The molecule has 0 saturated carbocycles. The van der Waals surface area contributed by atoms with Crippen molar-refractivity contribution in [2.75, 3.05) is 13.1 Å². The van der Waals surface area contributed by atoms with E-state index < -0.39 is 0 Å². The summed E-state index contributed by atoms with van der Waals surface area (Å²) in [5, 5.41) is 0.850. The van der Waals surface area contributed by atoms with E-state index in [1.165, 1.54) is 31.0 Å². The standard InChI is InChI=1S/C18H22N2O2S/c1-13(2)22-15-9-5-4-8-14(15)12-16-17(21)19-18(23-16)20-10-6-3-7-11-20/h4-5,8-9,12-13H,3,6-7,10-11H2,1-2H3. The van der Waals surface area contributed by atoms with Gasteiger partial charge in [-0.25, -0.2) is 0 Å². The van der Waals surface area contributed by atoms with Crippen LogP contribution >= 0.6 is 11.8 Å². The first kappa shape index (κ1) is 16.1. The monoisotopic (exact) mass is 330 g/mol. The summed E-state index contributed by atoms with van der Waals surface area (Å²) < 4.78 is 5.82. The number of carbonyl (C=O) groups is 1. The van der Waals surface area contributed by atoms with Gasteiger partial charge in [-0.2, -0.15) is 4.99 Å². The lowest BCUT2D eigenvalue weighted by molar-refractivity contribution is -0.113. The van der Waals surface area contributed by atoms with E-state index in [1.807, 2.05) is 44.2 Å². The summed E-state index contributed by atoms with van der Waals surface area (Å²) in [6.45, 7) is 5.99. The Bertz CT molecular complexity index is 646. The zero-order valence-electron chi connectivity index (χ0n) is 13.6. The molecule has 122 valence electrons. The molecule has 5 heteroatoms. The van der Waals surface area contributed by atoms with Crippen molar-refractivity contribution < 1.29 is 9.53 Å². The first-order valence-electron chi connectivity index (χ1n) is 8.16. The molecular weight excluding hydrogens is 308 g/mol. The third kappa shape index (κ3) is 3.96. The topological polar surface area (TPSA) is 41.9 Å².